The average Bonchev–Trinajstić information content (AvgIpc) is 2.47. The number of para-hydroxylation sites is 1. The van der Waals surface area contributed by atoms with E-state index in [1.54, 1.807) is 12.1 Å². The highest BCUT2D eigenvalue weighted by Gasteiger charge is 2.17. The number of hydrogen-bond acceptors (Lipinski definition) is 6. The van der Waals surface area contributed by atoms with Crippen LogP contribution in [0.15, 0.2) is 35.1 Å². The number of methoxy groups -OCH3 is 1. The van der Waals surface area contributed by atoms with Crippen LogP contribution in [0.5, 0.6) is 0 Å². The summed E-state index contributed by atoms with van der Waals surface area (Å²) in [4.78, 5) is 23.7. The minimum Gasteiger partial charge on any atom is -0.464 e. The van der Waals surface area contributed by atoms with Crippen LogP contribution in [0, 0.1) is 6.92 Å². The molecule has 7 heteroatoms. The van der Waals surface area contributed by atoms with E-state index in [0.29, 0.717) is 5.69 Å². The topological polar surface area (TPSA) is 99.2 Å². The van der Waals surface area contributed by atoms with E-state index < -0.39 is 11.5 Å². The SMILES string of the molecule is COC(=O)c1nn(-c2ccccc2C)c(=O)cc1NN. The minimum atomic E-state index is -0.680. The van der Waals surface area contributed by atoms with Crippen LogP contribution < -0.4 is 16.8 Å². The molecule has 0 radical (unpaired) electrons. The lowest BCUT2D eigenvalue weighted by Crippen LogP contribution is -2.27. The lowest BCUT2D eigenvalue weighted by atomic mass is 10.2. The zero-order valence-electron chi connectivity index (χ0n) is 11.1. The largest absolute Gasteiger partial charge is 0.464 e. The van der Waals surface area contributed by atoms with Crippen molar-refractivity contribution in [2.24, 2.45) is 5.84 Å². The number of esters is 1. The number of nitrogens with zero attached hydrogens (tertiary/aromatic N) is 2. The third-order valence-electron chi connectivity index (χ3n) is 2.81. The Balaban J connectivity index is 2.70. The van der Waals surface area contributed by atoms with Gasteiger partial charge < -0.3 is 10.2 Å². The Bertz CT molecular complexity index is 709. The molecule has 0 spiro atoms. The summed E-state index contributed by atoms with van der Waals surface area (Å²) in [6.07, 6.45) is 0. The monoisotopic (exact) mass is 274 g/mol. The Morgan fingerprint density at radius 1 is 1.40 bits per heavy atom. The van der Waals surface area contributed by atoms with Gasteiger partial charge in [-0.25, -0.2) is 4.79 Å². The molecular weight excluding hydrogens is 260 g/mol. The number of hydrazine groups is 1. The maximum Gasteiger partial charge on any atom is 0.360 e. The second kappa shape index (κ2) is 5.54. The molecule has 1 aromatic heterocycles. The molecule has 104 valence electrons. The molecule has 1 aromatic carbocycles. The lowest BCUT2D eigenvalue weighted by molar-refractivity contribution is 0.0593. The number of carbonyl (C=O) groups is 1. The van der Waals surface area contributed by atoms with Crippen molar-refractivity contribution in [2.75, 3.05) is 12.5 Å². The molecule has 0 bridgehead atoms. The second-order valence-electron chi connectivity index (χ2n) is 4.08. The van der Waals surface area contributed by atoms with E-state index in [9.17, 15) is 9.59 Å². The summed E-state index contributed by atoms with van der Waals surface area (Å²) in [6, 6.07) is 8.41. The summed E-state index contributed by atoms with van der Waals surface area (Å²) in [5.41, 5.74) is 3.37. The van der Waals surface area contributed by atoms with Gasteiger partial charge in [-0.1, -0.05) is 18.2 Å². The van der Waals surface area contributed by atoms with Gasteiger partial charge >= 0.3 is 5.97 Å². The number of hydrogen-bond donors (Lipinski definition) is 2. The van der Waals surface area contributed by atoms with E-state index in [1.165, 1.54) is 13.2 Å². The van der Waals surface area contributed by atoms with Gasteiger partial charge in [0, 0.05) is 6.07 Å². The number of aromatic nitrogens is 2. The molecule has 2 rings (SSSR count). The number of nitrogen functional groups attached to an aromatic ring is 1. The fraction of sp³-hybridized carbons (Fsp3) is 0.154. The van der Waals surface area contributed by atoms with Crippen molar-refractivity contribution in [3.05, 3.63) is 51.9 Å². The minimum absolute atomic E-state index is 0.0575. The van der Waals surface area contributed by atoms with E-state index >= 15 is 0 Å². The first-order valence-corrected chi connectivity index (χ1v) is 5.83. The van der Waals surface area contributed by atoms with Crippen molar-refractivity contribution >= 4 is 11.7 Å². The van der Waals surface area contributed by atoms with Crippen LogP contribution in [0.1, 0.15) is 16.1 Å². The highest BCUT2D eigenvalue weighted by molar-refractivity contribution is 5.93. The van der Waals surface area contributed by atoms with Gasteiger partial charge in [0.05, 0.1) is 18.5 Å². The number of aryl methyl sites for hydroxylation is 1. The highest BCUT2D eigenvalue weighted by atomic mass is 16.5. The third-order valence-corrected chi connectivity index (χ3v) is 2.81. The summed E-state index contributed by atoms with van der Waals surface area (Å²) in [5.74, 6) is 4.60. The fourth-order valence-corrected chi connectivity index (χ4v) is 1.79. The molecule has 3 N–H and O–H groups in total. The van der Waals surface area contributed by atoms with Gasteiger partial charge in [0.2, 0.25) is 0 Å². The zero-order chi connectivity index (χ0) is 14.7. The molecule has 7 nitrogen and oxygen atoms in total. The number of benzene rings is 1. The summed E-state index contributed by atoms with van der Waals surface area (Å²) < 4.78 is 5.77. The van der Waals surface area contributed by atoms with Crippen molar-refractivity contribution in [3.63, 3.8) is 0 Å². The first kappa shape index (κ1) is 13.8. The number of carbonyl (C=O) groups excluding carboxylic acids is 1. The Kier molecular flexibility index (Phi) is 3.81. The van der Waals surface area contributed by atoms with Gasteiger partial charge in [-0.15, -0.1) is 0 Å². The molecule has 20 heavy (non-hydrogen) atoms. The molecule has 1 heterocycles. The normalized spacial score (nSPS) is 10.2. The van der Waals surface area contributed by atoms with Crippen LogP contribution in [-0.4, -0.2) is 22.9 Å². The van der Waals surface area contributed by atoms with E-state index in [0.717, 1.165) is 10.2 Å². The third kappa shape index (κ3) is 2.39. The summed E-state index contributed by atoms with van der Waals surface area (Å²) >= 11 is 0. The molecule has 0 aliphatic rings. The van der Waals surface area contributed by atoms with E-state index in [2.05, 4.69) is 15.3 Å². The van der Waals surface area contributed by atoms with E-state index in [4.69, 9.17) is 5.84 Å². The lowest BCUT2D eigenvalue weighted by Gasteiger charge is -2.11. The van der Waals surface area contributed by atoms with E-state index in [1.807, 2.05) is 19.1 Å². The molecule has 0 aliphatic carbocycles. The zero-order valence-corrected chi connectivity index (χ0v) is 11.1. The molecule has 0 saturated carbocycles. The smallest absolute Gasteiger partial charge is 0.360 e. The molecule has 2 aromatic rings. The number of anilines is 1. The van der Waals surface area contributed by atoms with Crippen molar-refractivity contribution in [1.29, 1.82) is 0 Å². The standard InChI is InChI=1S/C13H14N4O3/c1-8-5-3-4-6-10(8)17-11(18)7-9(15-14)12(16-17)13(19)20-2/h3-7,15H,14H2,1-2H3. The van der Waals surface area contributed by atoms with Gasteiger partial charge in [-0.05, 0) is 18.6 Å². The maximum absolute atomic E-state index is 12.1. The van der Waals surface area contributed by atoms with Crippen molar-refractivity contribution < 1.29 is 9.53 Å². The number of ether oxygens (including phenoxy) is 1. The Morgan fingerprint density at radius 3 is 2.70 bits per heavy atom. The second-order valence-corrected chi connectivity index (χ2v) is 4.08. The summed E-state index contributed by atoms with van der Waals surface area (Å²) in [7, 11) is 1.23. The van der Waals surface area contributed by atoms with Gasteiger partial charge in [0.25, 0.3) is 5.56 Å². The number of nitrogens with two attached hydrogens (primary N) is 1. The molecule has 0 unspecified atom stereocenters. The van der Waals surface area contributed by atoms with E-state index in [-0.39, 0.29) is 11.4 Å². The summed E-state index contributed by atoms with van der Waals surface area (Å²) in [5, 5.41) is 4.03. The maximum atomic E-state index is 12.1. The van der Waals surface area contributed by atoms with Crippen molar-refractivity contribution in [3.8, 4) is 5.69 Å². The molecule has 0 atom stereocenters. The first-order valence-electron chi connectivity index (χ1n) is 5.83. The van der Waals surface area contributed by atoms with Gasteiger partial charge in [-0.3, -0.25) is 10.6 Å². The Labute approximate surface area is 114 Å². The first-order chi connectivity index (χ1) is 9.58. The molecule has 0 fully saturated rings. The number of rotatable bonds is 3. The average molecular weight is 274 g/mol. The molecule has 0 saturated heterocycles. The van der Waals surface area contributed by atoms with Crippen LogP contribution in [-0.2, 0) is 4.74 Å². The van der Waals surface area contributed by atoms with Crippen molar-refractivity contribution in [2.45, 2.75) is 6.92 Å². The van der Waals surface area contributed by atoms with Gasteiger partial charge in [0.15, 0.2) is 5.69 Å². The van der Waals surface area contributed by atoms with Crippen LogP contribution in [0.25, 0.3) is 5.69 Å². The number of nitrogens with one attached hydrogen (secondary N) is 1. The molecule has 0 aliphatic heterocycles. The molecule has 0 amide bonds. The highest BCUT2D eigenvalue weighted by Crippen LogP contribution is 2.14. The molecular formula is C13H14N4O3. The van der Waals surface area contributed by atoms with Gasteiger partial charge in [0.1, 0.15) is 0 Å². The Hall–Kier alpha value is -2.67. The van der Waals surface area contributed by atoms with Crippen LogP contribution in [0.2, 0.25) is 0 Å². The fourth-order valence-electron chi connectivity index (χ4n) is 1.79. The predicted molar refractivity (Wildman–Crippen MR) is 73.7 cm³/mol. The van der Waals surface area contributed by atoms with Gasteiger partial charge in [-0.2, -0.15) is 9.78 Å². The predicted octanol–water partition coefficient (Wildman–Crippen LogP) is 0.613. The van der Waals surface area contributed by atoms with Crippen LogP contribution >= 0.6 is 0 Å². The van der Waals surface area contributed by atoms with Crippen LogP contribution in [0.4, 0.5) is 5.69 Å². The van der Waals surface area contributed by atoms with Crippen LogP contribution in [0.3, 0.4) is 0 Å². The quantitative estimate of drug-likeness (QED) is 0.483. The van der Waals surface area contributed by atoms with Crippen molar-refractivity contribution in [1.82, 2.24) is 9.78 Å². The summed E-state index contributed by atoms with van der Waals surface area (Å²) in [6.45, 7) is 1.84. The Morgan fingerprint density at radius 2 is 2.10 bits per heavy atom.